The lowest BCUT2D eigenvalue weighted by molar-refractivity contribution is 0.282. The summed E-state index contributed by atoms with van der Waals surface area (Å²) < 4.78 is 6.86. The first kappa shape index (κ1) is 15.8. The highest BCUT2D eigenvalue weighted by atomic mass is 79.9. The van der Waals surface area contributed by atoms with E-state index in [1.165, 1.54) is 0 Å². The van der Waals surface area contributed by atoms with E-state index in [2.05, 4.69) is 15.9 Å². The summed E-state index contributed by atoms with van der Waals surface area (Å²) in [6.45, 7) is 0.539. The van der Waals surface area contributed by atoms with Crippen molar-refractivity contribution < 1.29 is 9.84 Å². The smallest absolute Gasteiger partial charge is 0.134 e. The molecule has 3 rings (SSSR count). The number of aliphatic hydroxyl groups excluding tert-OH is 1. The molecule has 0 spiro atoms. The summed E-state index contributed by atoms with van der Waals surface area (Å²) in [5.41, 5.74) is 4.08. The molecule has 0 heterocycles. The molecule has 0 saturated carbocycles. The molecule has 0 saturated heterocycles. The molecular weight excluding hydrogens is 352 g/mol. The van der Waals surface area contributed by atoms with Gasteiger partial charge in [0, 0.05) is 0 Å². The van der Waals surface area contributed by atoms with Crippen LogP contribution in [-0.2, 0) is 13.2 Å². The highest BCUT2D eigenvalue weighted by Crippen LogP contribution is 2.33. The second-order valence-electron chi connectivity index (χ2n) is 5.23. The minimum Gasteiger partial charge on any atom is -0.488 e. The van der Waals surface area contributed by atoms with E-state index in [0.717, 1.165) is 32.5 Å². The average molecular weight is 369 g/mol. The number of aliphatic hydroxyl groups is 1. The zero-order chi connectivity index (χ0) is 16.1. The van der Waals surface area contributed by atoms with E-state index in [1.807, 2.05) is 72.8 Å². The highest BCUT2D eigenvalue weighted by molar-refractivity contribution is 9.10. The number of halogens is 1. The Labute approximate surface area is 144 Å². The Morgan fingerprint density at radius 2 is 1.61 bits per heavy atom. The molecular formula is C20H17BrO2. The Kier molecular flexibility index (Phi) is 5.11. The number of rotatable bonds is 5. The van der Waals surface area contributed by atoms with E-state index >= 15 is 0 Å². The van der Waals surface area contributed by atoms with Gasteiger partial charge in [0.05, 0.1) is 11.1 Å². The van der Waals surface area contributed by atoms with Crippen LogP contribution in [-0.4, -0.2) is 5.11 Å². The quantitative estimate of drug-likeness (QED) is 0.671. The van der Waals surface area contributed by atoms with Crippen LogP contribution >= 0.6 is 15.9 Å². The fourth-order valence-electron chi connectivity index (χ4n) is 2.46. The number of ether oxygens (including phenoxy) is 1. The summed E-state index contributed by atoms with van der Waals surface area (Å²) >= 11 is 3.54. The predicted octanol–water partition coefficient (Wildman–Crippen LogP) is 5.19. The number of benzene rings is 3. The van der Waals surface area contributed by atoms with Crippen LogP contribution in [0.25, 0.3) is 11.1 Å². The Bertz CT molecular complexity index is 785. The van der Waals surface area contributed by atoms with Gasteiger partial charge in [-0.15, -0.1) is 0 Å². The summed E-state index contributed by atoms with van der Waals surface area (Å²) in [5, 5.41) is 9.52. The summed E-state index contributed by atoms with van der Waals surface area (Å²) in [6, 6.07) is 23.9. The van der Waals surface area contributed by atoms with E-state index in [9.17, 15) is 5.11 Å². The third kappa shape index (κ3) is 3.81. The van der Waals surface area contributed by atoms with Crippen LogP contribution in [0.5, 0.6) is 5.75 Å². The fraction of sp³-hybridized carbons (Fsp3) is 0.100. The van der Waals surface area contributed by atoms with Crippen LogP contribution in [0.4, 0.5) is 0 Å². The van der Waals surface area contributed by atoms with Crippen LogP contribution < -0.4 is 4.74 Å². The van der Waals surface area contributed by atoms with Crippen molar-refractivity contribution in [2.75, 3.05) is 0 Å². The maximum Gasteiger partial charge on any atom is 0.134 e. The molecule has 0 radical (unpaired) electrons. The SMILES string of the molecule is OCc1ccccc1-c1ccc(Br)c(OCc2ccccc2)c1. The Hall–Kier alpha value is -2.10. The topological polar surface area (TPSA) is 29.5 Å². The average Bonchev–Trinajstić information content (AvgIpc) is 2.62. The lowest BCUT2D eigenvalue weighted by atomic mass is 10.00. The van der Waals surface area contributed by atoms with Crippen LogP contribution in [0.2, 0.25) is 0 Å². The molecule has 0 fully saturated rings. The Morgan fingerprint density at radius 3 is 2.39 bits per heavy atom. The van der Waals surface area contributed by atoms with E-state index in [0.29, 0.717) is 6.61 Å². The van der Waals surface area contributed by atoms with Gasteiger partial charge >= 0.3 is 0 Å². The number of hydrogen-bond donors (Lipinski definition) is 1. The molecule has 0 unspecified atom stereocenters. The van der Waals surface area contributed by atoms with Crippen LogP contribution in [0.1, 0.15) is 11.1 Å². The van der Waals surface area contributed by atoms with Crippen molar-refractivity contribution in [2.45, 2.75) is 13.2 Å². The molecule has 0 amide bonds. The summed E-state index contributed by atoms with van der Waals surface area (Å²) in [5.74, 6) is 0.791. The van der Waals surface area contributed by atoms with Crippen molar-refractivity contribution in [1.82, 2.24) is 0 Å². The van der Waals surface area contributed by atoms with Gasteiger partial charge in [-0.25, -0.2) is 0 Å². The van der Waals surface area contributed by atoms with Crippen molar-refractivity contribution in [3.05, 3.63) is 88.4 Å². The maximum atomic E-state index is 9.52. The van der Waals surface area contributed by atoms with E-state index < -0.39 is 0 Å². The first-order valence-corrected chi connectivity index (χ1v) is 8.22. The molecule has 0 aliphatic carbocycles. The van der Waals surface area contributed by atoms with Gasteiger partial charge in [0.15, 0.2) is 0 Å². The van der Waals surface area contributed by atoms with Crippen LogP contribution in [0.15, 0.2) is 77.3 Å². The van der Waals surface area contributed by atoms with Gasteiger partial charge < -0.3 is 9.84 Å². The van der Waals surface area contributed by atoms with Crippen molar-refractivity contribution in [2.24, 2.45) is 0 Å². The highest BCUT2D eigenvalue weighted by Gasteiger charge is 2.08. The third-order valence-corrected chi connectivity index (χ3v) is 4.32. The second kappa shape index (κ2) is 7.44. The van der Waals surface area contributed by atoms with Crippen LogP contribution in [0, 0.1) is 0 Å². The van der Waals surface area contributed by atoms with Crippen molar-refractivity contribution in [3.63, 3.8) is 0 Å². The Morgan fingerprint density at radius 1 is 0.870 bits per heavy atom. The molecule has 3 aromatic rings. The second-order valence-corrected chi connectivity index (χ2v) is 6.09. The molecule has 0 bridgehead atoms. The molecule has 2 nitrogen and oxygen atoms in total. The van der Waals surface area contributed by atoms with Crippen molar-refractivity contribution >= 4 is 15.9 Å². The van der Waals surface area contributed by atoms with Gasteiger partial charge in [-0.2, -0.15) is 0 Å². The minimum atomic E-state index is 0.0203. The molecule has 0 atom stereocenters. The molecule has 3 aromatic carbocycles. The molecule has 0 aromatic heterocycles. The lowest BCUT2D eigenvalue weighted by Crippen LogP contribution is -1.96. The van der Waals surface area contributed by atoms with Gasteiger partial charge in [-0.3, -0.25) is 0 Å². The van der Waals surface area contributed by atoms with E-state index in [-0.39, 0.29) is 6.61 Å². The normalized spacial score (nSPS) is 10.5. The maximum absolute atomic E-state index is 9.52. The van der Waals surface area contributed by atoms with Gasteiger partial charge in [-0.1, -0.05) is 60.7 Å². The monoisotopic (exact) mass is 368 g/mol. The molecule has 116 valence electrons. The van der Waals surface area contributed by atoms with Crippen molar-refractivity contribution in [1.29, 1.82) is 0 Å². The van der Waals surface area contributed by atoms with Crippen molar-refractivity contribution in [3.8, 4) is 16.9 Å². The van der Waals surface area contributed by atoms with E-state index in [4.69, 9.17) is 4.74 Å². The van der Waals surface area contributed by atoms with Gasteiger partial charge in [-0.05, 0) is 50.3 Å². The molecule has 23 heavy (non-hydrogen) atoms. The first-order valence-electron chi connectivity index (χ1n) is 7.43. The largest absolute Gasteiger partial charge is 0.488 e. The minimum absolute atomic E-state index is 0.0203. The lowest BCUT2D eigenvalue weighted by Gasteiger charge is -2.12. The van der Waals surface area contributed by atoms with Gasteiger partial charge in [0.2, 0.25) is 0 Å². The zero-order valence-corrected chi connectivity index (χ0v) is 14.2. The summed E-state index contributed by atoms with van der Waals surface area (Å²) in [4.78, 5) is 0. The zero-order valence-electron chi connectivity index (χ0n) is 12.6. The molecule has 3 heteroatoms. The third-order valence-electron chi connectivity index (χ3n) is 3.67. The van der Waals surface area contributed by atoms with Gasteiger partial charge in [0.1, 0.15) is 12.4 Å². The Balaban J connectivity index is 1.87. The predicted molar refractivity (Wildman–Crippen MR) is 96.3 cm³/mol. The molecule has 1 N–H and O–H groups in total. The van der Waals surface area contributed by atoms with E-state index in [1.54, 1.807) is 0 Å². The number of hydrogen-bond acceptors (Lipinski definition) is 2. The summed E-state index contributed by atoms with van der Waals surface area (Å²) in [6.07, 6.45) is 0. The molecule has 0 aliphatic rings. The first-order chi connectivity index (χ1) is 11.3. The van der Waals surface area contributed by atoms with Gasteiger partial charge in [0.25, 0.3) is 0 Å². The van der Waals surface area contributed by atoms with Crippen LogP contribution in [0.3, 0.4) is 0 Å². The molecule has 0 aliphatic heterocycles. The summed E-state index contributed by atoms with van der Waals surface area (Å²) in [7, 11) is 0. The standard InChI is InChI=1S/C20H17BrO2/c21-19-11-10-16(18-9-5-4-8-17(18)13-22)12-20(19)23-14-15-6-2-1-3-7-15/h1-12,22H,13-14H2. The fourth-order valence-corrected chi connectivity index (χ4v) is 2.82.